The highest BCUT2D eigenvalue weighted by molar-refractivity contribution is 5.46. The number of furan rings is 1. The van der Waals surface area contributed by atoms with Crippen molar-refractivity contribution in [2.75, 3.05) is 13.2 Å². The van der Waals surface area contributed by atoms with Crippen molar-refractivity contribution in [3.05, 3.63) is 59.8 Å². The predicted octanol–water partition coefficient (Wildman–Crippen LogP) is 3.35. The highest BCUT2D eigenvalue weighted by atomic mass is 16.3. The van der Waals surface area contributed by atoms with Crippen LogP contribution in [0.3, 0.4) is 0 Å². The van der Waals surface area contributed by atoms with Gasteiger partial charge in [-0.2, -0.15) is 0 Å². The molecule has 0 unspecified atom stereocenters. The molecule has 4 heteroatoms. The fourth-order valence-corrected chi connectivity index (χ4v) is 2.50. The second-order valence-electron chi connectivity index (χ2n) is 5.48. The van der Waals surface area contributed by atoms with Gasteiger partial charge < -0.3 is 9.52 Å². The second kappa shape index (κ2) is 8.51. The molecule has 1 atom stereocenters. The summed E-state index contributed by atoms with van der Waals surface area (Å²) in [6.07, 6.45) is 6.42. The second-order valence-corrected chi connectivity index (χ2v) is 5.48. The molecule has 0 saturated heterocycles. The third-order valence-electron chi connectivity index (χ3n) is 3.67. The minimum Gasteiger partial charge on any atom is -0.465 e. The lowest BCUT2D eigenvalue weighted by molar-refractivity contribution is 0.121. The normalized spacial score (nSPS) is 13.5. The van der Waals surface area contributed by atoms with E-state index < -0.39 is 0 Å². The van der Waals surface area contributed by atoms with Crippen molar-refractivity contribution in [2.45, 2.75) is 32.9 Å². The highest BCUT2D eigenvalue weighted by Gasteiger charge is 2.17. The number of hydrogen-bond acceptors (Lipinski definition) is 4. The number of pyridine rings is 1. The Morgan fingerprint density at radius 1 is 1.36 bits per heavy atom. The molecule has 118 valence electrons. The van der Waals surface area contributed by atoms with Gasteiger partial charge in [-0.25, -0.2) is 0 Å². The summed E-state index contributed by atoms with van der Waals surface area (Å²) in [4.78, 5) is 6.65. The molecule has 2 heterocycles. The van der Waals surface area contributed by atoms with E-state index in [9.17, 15) is 5.11 Å². The van der Waals surface area contributed by atoms with Crippen LogP contribution < -0.4 is 0 Å². The van der Waals surface area contributed by atoms with Crippen LogP contribution in [-0.4, -0.2) is 34.2 Å². The van der Waals surface area contributed by atoms with Gasteiger partial charge in [0.25, 0.3) is 0 Å². The maximum Gasteiger partial charge on any atom is 0.126 e. The standard InChI is InChI=1S/C18H24N2O2/c1-3-17(14-21)20(13-16-7-4-5-9-19-16)12-15(2)11-18-8-6-10-22-18/h4-11,17,21H,3,12-14H2,1-2H3/b15-11+/t17-/m1/s1. The molecule has 22 heavy (non-hydrogen) atoms. The van der Waals surface area contributed by atoms with Gasteiger partial charge in [0.1, 0.15) is 5.76 Å². The molecule has 1 N–H and O–H groups in total. The molecule has 0 bridgehead atoms. The molecule has 0 saturated carbocycles. The molecule has 0 amide bonds. The van der Waals surface area contributed by atoms with Crippen LogP contribution in [0.2, 0.25) is 0 Å². The first-order chi connectivity index (χ1) is 10.7. The van der Waals surface area contributed by atoms with Crippen molar-refractivity contribution in [2.24, 2.45) is 0 Å². The summed E-state index contributed by atoms with van der Waals surface area (Å²) in [5, 5.41) is 9.64. The van der Waals surface area contributed by atoms with Crippen LogP contribution in [0.15, 0.2) is 52.8 Å². The Hall–Kier alpha value is -1.91. The largest absolute Gasteiger partial charge is 0.465 e. The van der Waals surface area contributed by atoms with Crippen molar-refractivity contribution in [1.82, 2.24) is 9.88 Å². The number of hydrogen-bond donors (Lipinski definition) is 1. The Morgan fingerprint density at radius 3 is 2.82 bits per heavy atom. The Morgan fingerprint density at radius 2 is 2.23 bits per heavy atom. The van der Waals surface area contributed by atoms with E-state index >= 15 is 0 Å². The summed E-state index contributed by atoms with van der Waals surface area (Å²) in [6.45, 7) is 5.83. The Labute approximate surface area is 132 Å². The van der Waals surface area contributed by atoms with Gasteiger partial charge in [0.15, 0.2) is 0 Å². The monoisotopic (exact) mass is 300 g/mol. The van der Waals surface area contributed by atoms with Gasteiger partial charge in [-0.1, -0.05) is 18.6 Å². The van der Waals surface area contributed by atoms with E-state index in [1.54, 1.807) is 12.5 Å². The minimum absolute atomic E-state index is 0.127. The molecule has 0 aromatic carbocycles. The van der Waals surface area contributed by atoms with Gasteiger partial charge in [-0.05, 0) is 43.7 Å². The van der Waals surface area contributed by atoms with Gasteiger partial charge in [-0.3, -0.25) is 9.88 Å². The van der Waals surface area contributed by atoms with Crippen LogP contribution in [0.4, 0.5) is 0 Å². The average Bonchev–Trinajstić information content (AvgIpc) is 3.02. The third-order valence-corrected chi connectivity index (χ3v) is 3.67. The van der Waals surface area contributed by atoms with Crippen molar-refractivity contribution in [3.63, 3.8) is 0 Å². The summed E-state index contributed by atoms with van der Waals surface area (Å²) >= 11 is 0. The first-order valence-corrected chi connectivity index (χ1v) is 7.68. The molecule has 0 fully saturated rings. The fraction of sp³-hybridized carbons (Fsp3) is 0.389. The summed E-state index contributed by atoms with van der Waals surface area (Å²) in [5.41, 5.74) is 2.21. The molecule has 2 aromatic rings. The molecule has 0 aliphatic carbocycles. The van der Waals surface area contributed by atoms with Gasteiger partial charge >= 0.3 is 0 Å². The molecular formula is C18H24N2O2. The lowest BCUT2D eigenvalue weighted by atomic mass is 10.1. The van der Waals surface area contributed by atoms with Gasteiger partial charge in [0.2, 0.25) is 0 Å². The highest BCUT2D eigenvalue weighted by Crippen LogP contribution is 2.14. The van der Waals surface area contributed by atoms with Crippen molar-refractivity contribution < 1.29 is 9.52 Å². The Balaban J connectivity index is 2.10. The topological polar surface area (TPSA) is 49.5 Å². The van der Waals surface area contributed by atoms with E-state index in [1.807, 2.05) is 36.4 Å². The molecular weight excluding hydrogens is 276 g/mol. The predicted molar refractivity (Wildman–Crippen MR) is 88.2 cm³/mol. The van der Waals surface area contributed by atoms with Crippen molar-refractivity contribution in [3.8, 4) is 0 Å². The number of nitrogens with zero attached hydrogens (tertiary/aromatic N) is 2. The summed E-state index contributed by atoms with van der Waals surface area (Å²) < 4.78 is 5.36. The average molecular weight is 300 g/mol. The Bertz CT molecular complexity index is 560. The van der Waals surface area contributed by atoms with Crippen LogP contribution in [0.5, 0.6) is 0 Å². The lowest BCUT2D eigenvalue weighted by Gasteiger charge is -2.29. The molecule has 0 aliphatic rings. The van der Waals surface area contributed by atoms with E-state index in [0.29, 0.717) is 0 Å². The third kappa shape index (κ3) is 4.83. The maximum atomic E-state index is 9.64. The summed E-state index contributed by atoms with van der Waals surface area (Å²) in [6, 6.07) is 9.87. The summed E-state index contributed by atoms with van der Waals surface area (Å²) in [7, 11) is 0. The van der Waals surface area contributed by atoms with Gasteiger partial charge in [0, 0.05) is 25.3 Å². The van der Waals surface area contributed by atoms with Crippen LogP contribution in [0.1, 0.15) is 31.7 Å². The van der Waals surface area contributed by atoms with E-state index in [1.165, 1.54) is 5.57 Å². The van der Waals surface area contributed by atoms with E-state index in [2.05, 4.69) is 23.7 Å². The first-order valence-electron chi connectivity index (χ1n) is 7.68. The molecule has 0 aliphatic heterocycles. The van der Waals surface area contributed by atoms with Crippen LogP contribution in [0.25, 0.3) is 6.08 Å². The number of aromatic nitrogens is 1. The quantitative estimate of drug-likeness (QED) is 0.812. The molecule has 4 nitrogen and oxygen atoms in total. The smallest absolute Gasteiger partial charge is 0.126 e. The number of aliphatic hydroxyl groups is 1. The van der Waals surface area contributed by atoms with Crippen LogP contribution >= 0.6 is 0 Å². The zero-order valence-corrected chi connectivity index (χ0v) is 13.3. The zero-order valence-electron chi connectivity index (χ0n) is 13.3. The fourth-order valence-electron chi connectivity index (χ4n) is 2.50. The zero-order chi connectivity index (χ0) is 15.8. The lowest BCUT2D eigenvalue weighted by Crippen LogP contribution is -2.38. The number of rotatable bonds is 8. The minimum atomic E-state index is 0.127. The molecule has 2 aromatic heterocycles. The SMILES string of the molecule is CC[C@H](CO)N(C/C(C)=C/c1ccco1)Cc1ccccn1. The summed E-state index contributed by atoms with van der Waals surface area (Å²) in [5.74, 6) is 0.854. The Kier molecular flexibility index (Phi) is 6.37. The van der Waals surface area contributed by atoms with E-state index in [-0.39, 0.29) is 12.6 Å². The first kappa shape index (κ1) is 16.5. The molecule has 0 radical (unpaired) electrons. The molecule has 2 rings (SSSR count). The van der Waals surface area contributed by atoms with Crippen LogP contribution in [0, 0.1) is 0 Å². The van der Waals surface area contributed by atoms with Gasteiger partial charge in [-0.15, -0.1) is 0 Å². The van der Waals surface area contributed by atoms with E-state index in [4.69, 9.17) is 4.42 Å². The van der Waals surface area contributed by atoms with Crippen molar-refractivity contribution >= 4 is 6.08 Å². The van der Waals surface area contributed by atoms with E-state index in [0.717, 1.165) is 31.0 Å². The molecule has 0 spiro atoms. The number of aliphatic hydroxyl groups excluding tert-OH is 1. The maximum absolute atomic E-state index is 9.64. The van der Waals surface area contributed by atoms with Crippen molar-refractivity contribution in [1.29, 1.82) is 0 Å². The van der Waals surface area contributed by atoms with Gasteiger partial charge in [0.05, 0.1) is 18.6 Å². The van der Waals surface area contributed by atoms with Crippen LogP contribution in [-0.2, 0) is 6.54 Å².